The topological polar surface area (TPSA) is 71.5 Å². The Morgan fingerprint density at radius 2 is 2.33 bits per heavy atom. The zero-order valence-corrected chi connectivity index (χ0v) is 12.5. The largest absolute Gasteiger partial charge is 0.387 e. The second-order valence-electron chi connectivity index (χ2n) is 5.94. The van der Waals surface area contributed by atoms with Crippen LogP contribution < -0.4 is 5.32 Å². The minimum Gasteiger partial charge on any atom is -0.387 e. The molecule has 0 aliphatic heterocycles. The second kappa shape index (κ2) is 5.69. The number of pyridine rings is 1. The summed E-state index contributed by atoms with van der Waals surface area (Å²) in [6.07, 6.45) is 2.75. The van der Waals surface area contributed by atoms with Crippen LogP contribution in [-0.2, 0) is 4.74 Å². The maximum Gasteiger partial charge on any atom is 0.254 e. The standard InChI is InChI=1S/C15H21FN2O3/c1-4-21-12-7-15(20,14(12,2)3)9-18-13(19)10-5-6-17-8-11(10)16/h5-6,8,12,20H,4,7,9H2,1-3H3,(H,18,19). The number of ether oxygens (including phenoxy) is 1. The Labute approximate surface area is 123 Å². The monoisotopic (exact) mass is 296 g/mol. The van der Waals surface area contributed by atoms with Crippen molar-refractivity contribution in [3.63, 3.8) is 0 Å². The Kier molecular flexibility index (Phi) is 4.30. The first kappa shape index (κ1) is 15.9. The molecule has 5 nitrogen and oxygen atoms in total. The van der Waals surface area contributed by atoms with Crippen molar-refractivity contribution in [1.29, 1.82) is 0 Å². The molecule has 2 atom stereocenters. The summed E-state index contributed by atoms with van der Waals surface area (Å²) in [7, 11) is 0. The van der Waals surface area contributed by atoms with Gasteiger partial charge in [-0.05, 0) is 13.0 Å². The number of hydrogen-bond acceptors (Lipinski definition) is 4. The van der Waals surface area contributed by atoms with Crippen molar-refractivity contribution in [2.75, 3.05) is 13.2 Å². The first-order valence-electron chi connectivity index (χ1n) is 7.03. The zero-order chi connectivity index (χ0) is 15.7. The van der Waals surface area contributed by atoms with E-state index >= 15 is 0 Å². The lowest BCUT2D eigenvalue weighted by atomic mass is 9.56. The number of aromatic nitrogens is 1. The molecule has 1 aromatic heterocycles. The Balaban J connectivity index is 1.98. The van der Waals surface area contributed by atoms with E-state index in [2.05, 4.69) is 10.3 Å². The molecule has 1 aliphatic rings. The fourth-order valence-electron chi connectivity index (χ4n) is 2.64. The van der Waals surface area contributed by atoms with Crippen LogP contribution >= 0.6 is 0 Å². The summed E-state index contributed by atoms with van der Waals surface area (Å²) < 4.78 is 19.0. The third kappa shape index (κ3) is 2.78. The van der Waals surface area contributed by atoms with Gasteiger partial charge >= 0.3 is 0 Å². The molecular formula is C15H21FN2O3. The van der Waals surface area contributed by atoms with E-state index in [0.29, 0.717) is 13.0 Å². The highest BCUT2D eigenvalue weighted by molar-refractivity contribution is 5.94. The van der Waals surface area contributed by atoms with Gasteiger partial charge < -0.3 is 15.2 Å². The van der Waals surface area contributed by atoms with Gasteiger partial charge in [0.05, 0.1) is 23.5 Å². The van der Waals surface area contributed by atoms with Crippen molar-refractivity contribution in [3.05, 3.63) is 29.8 Å². The van der Waals surface area contributed by atoms with Gasteiger partial charge in [-0.1, -0.05) is 13.8 Å². The Morgan fingerprint density at radius 3 is 2.90 bits per heavy atom. The third-order valence-electron chi connectivity index (χ3n) is 4.45. The number of amides is 1. The van der Waals surface area contributed by atoms with Gasteiger partial charge in [0.2, 0.25) is 0 Å². The first-order valence-corrected chi connectivity index (χ1v) is 7.03. The molecule has 0 aromatic carbocycles. The van der Waals surface area contributed by atoms with E-state index in [9.17, 15) is 14.3 Å². The maximum atomic E-state index is 13.5. The molecule has 6 heteroatoms. The molecule has 1 aromatic rings. The average molecular weight is 296 g/mol. The number of nitrogens with zero attached hydrogens (tertiary/aromatic N) is 1. The van der Waals surface area contributed by atoms with Crippen molar-refractivity contribution in [2.24, 2.45) is 5.41 Å². The summed E-state index contributed by atoms with van der Waals surface area (Å²) in [4.78, 5) is 15.5. The number of aliphatic hydroxyl groups is 1. The number of carbonyl (C=O) groups excluding carboxylic acids is 1. The molecule has 0 radical (unpaired) electrons. The van der Waals surface area contributed by atoms with E-state index in [1.807, 2.05) is 20.8 Å². The van der Waals surface area contributed by atoms with E-state index in [0.717, 1.165) is 6.20 Å². The van der Waals surface area contributed by atoms with E-state index in [1.54, 1.807) is 0 Å². The highest BCUT2D eigenvalue weighted by Crippen LogP contribution is 2.50. The molecule has 1 fully saturated rings. The summed E-state index contributed by atoms with van der Waals surface area (Å²) in [6.45, 7) is 6.34. The molecule has 1 saturated carbocycles. The minimum atomic E-state index is -1.05. The summed E-state index contributed by atoms with van der Waals surface area (Å²) in [5.41, 5.74) is -1.59. The van der Waals surface area contributed by atoms with Crippen molar-refractivity contribution in [1.82, 2.24) is 10.3 Å². The Hall–Kier alpha value is -1.53. The number of hydrogen-bond donors (Lipinski definition) is 2. The van der Waals surface area contributed by atoms with Crippen LogP contribution in [0.3, 0.4) is 0 Å². The first-order chi connectivity index (χ1) is 9.82. The lowest BCUT2D eigenvalue weighted by molar-refractivity contribution is -0.237. The van der Waals surface area contributed by atoms with Crippen LogP contribution in [0.1, 0.15) is 37.6 Å². The van der Waals surface area contributed by atoms with Crippen LogP contribution in [-0.4, -0.2) is 40.9 Å². The molecule has 2 N–H and O–H groups in total. The van der Waals surface area contributed by atoms with E-state index in [1.165, 1.54) is 12.3 Å². The maximum absolute atomic E-state index is 13.5. The minimum absolute atomic E-state index is 0.0398. The van der Waals surface area contributed by atoms with Crippen LogP contribution in [0.4, 0.5) is 4.39 Å². The molecule has 1 aliphatic carbocycles. The molecule has 0 spiro atoms. The fourth-order valence-corrected chi connectivity index (χ4v) is 2.64. The molecule has 2 rings (SSSR count). The average Bonchev–Trinajstić information content (AvgIpc) is 2.45. The highest BCUT2D eigenvalue weighted by atomic mass is 19.1. The molecule has 21 heavy (non-hydrogen) atoms. The normalized spacial score (nSPS) is 27.0. The van der Waals surface area contributed by atoms with Gasteiger partial charge in [0.15, 0.2) is 5.82 Å². The van der Waals surface area contributed by atoms with Gasteiger partial charge in [-0.15, -0.1) is 0 Å². The van der Waals surface area contributed by atoms with Crippen LogP contribution in [0, 0.1) is 11.2 Å². The van der Waals surface area contributed by atoms with Crippen LogP contribution in [0.5, 0.6) is 0 Å². The van der Waals surface area contributed by atoms with Gasteiger partial charge in [0, 0.05) is 31.2 Å². The SMILES string of the molecule is CCOC1CC(O)(CNC(=O)c2ccncc2F)C1(C)C. The van der Waals surface area contributed by atoms with Gasteiger partial charge in [-0.25, -0.2) is 4.39 Å². The van der Waals surface area contributed by atoms with Gasteiger partial charge in [-0.2, -0.15) is 0 Å². The molecule has 2 unspecified atom stereocenters. The number of carbonyl (C=O) groups is 1. The van der Waals surface area contributed by atoms with E-state index in [-0.39, 0.29) is 18.2 Å². The summed E-state index contributed by atoms with van der Waals surface area (Å²) in [6, 6.07) is 1.31. The van der Waals surface area contributed by atoms with Crippen molar-refractivity contribution in [2.45, 2.75) is 38.9 Å². The zero-order valence-electron chi connectivity index (χ0n) is 12.5. The van der Waals surface area contributed by atoms with Crippen molar-refractivity contribution < 1.29 is 19.0 Å². The molecule has 1 heterocycles. The Morgan fingerprint density at radius 1 is 1.62 bits per heavy atom. The molecule has 0 bridgehead atoms. The van der Waals surface area contributed by atoms with Gasteiger partial charge in [0.1, 0.15) is 0 Å². The van der Waals surface area contributed by atoms with Gasteiger partial charge in [0.25, 0.3) is 5.91 Å². The number of rotatable bonds is 5. The van der Waals surface area contributed by atoms with E-state index in [4.69, 9.17) is 4.74 Å². The molecule has 1 amide bonds. The van der Waals surface area contributed by atoms with Crippen molar-refractivity contribution >= 4 is 5.91 Å². The number of nitrogens with one attached hydrogen (secondary N) is 1. The smallest absolute Gasteiger partial charge is 0.254 e. The van der Waals surface area contributed by atoms with Gasteiger partial charge in [-0.3, -0.25) is 9.78 Å². The van der Waals surface area contributed by atoms with Crippen molar-refractivity contribution in [3.8, 4) is 0 Å². The lowest BCUT2D eigenvalue weighted by Gasteiger charge is -2.57. The summed E-state index contributed by atoms with van der Waals surface area (Å²) in [5.74, 6) is -1.24. The summed E-state index contributed by atoms with van der Waals surface area (Å²) >= 11 is 0. The van der Waals surface area contributed by atoms with Crippen LogP contribution in [0.15, 0.2) is 18.5 Å². The lowest BCUT2D eigenvalue weighted by Crippen LogP contribution is -2.68. The molecular weight excluding hydrogens is 275 g/mol. The third-order valence-corrected chi connectivity index (χ3v) is 4.45. The van der Waals surface area contributed by atoms with Crippen LogP contribution in [0.2, 0.25) is 0 Å². The number of halogens is 1. The molecule has 116 valence electrons. The van der Waals surface area contributed by atoms with E-state index < -0.39 is 22.7 Å². The summed E-state index contributed by atoms with van der Waals surface area (Å²) in [5, 5.41) is 13.2. The highest BCUT2D eigenvalue weighted by Gasteiger charge is 2.59. The molecule has 0 saturated heterocycles. The second-order valence-corrected chi connectivity index (χ2v) is 5.94. The quantitative estimate of drug-likeness (QED) is 0.864. The fraction of sp³-hybridized carbons (Fsp3) is 0.600. The Bertz CT molecular complexity index is 535. The predicted octanol–water partition coefficient (Wildman–Crippen LogP) is 1.52. The predicted molar refractivity (Wildman–Crippen MR) is 75.3 cm³/mol. The van der Waals surface area contributed by atoms with Crippen LogP contribution in [0.25, 0.3) is 0 Å².